The molecule has 1 atom stereocenters. The lowest BCUT2D eigenvalue weighted by Crippen LogP contribution is -2.28. The normalized spacial score (nSPS) is 23.4. The van der Waals surface area contributed by atoms with E-state index in [0.717, 1.165) is 12.2 Å². The zero-order valence-corrected chi connectivity index (χ0v) is 8.38. The monoisotopic (exact) mass is 179 g/mol. The smallest absolute Gasteiger partial charge is 0.0597 e. The van der Waals surface area contributed by atoms with Gasteiger partial charge in [0.1, 0.15) is 0 Å². The van der Waals surface area contributed by atoms with Crippen LogP contribution < -0.4 is 5.32 Å². The second-order valence-electron chi connectivity index (χ2n) is 3.84. The quantitative estimate of drug-likeness (QED) is 0.708. The summed E-state index contributed by atoms with van der Waals surface area (Å²) in [7, 11) is 2.03. The van der Waals surface area contributed by atoms with Crippen molar-refractivity contribution in [3.63, 3.8) is 0 Å². The number of aryl methyl sites for hydroxylation is 2. The number of rotatable bonds is 1. The number of hydrogen-bond donors (Lipinski definition) is 1. The van der Waals surface area contributed by atoms with Crippen molar-refractivity contribution in [2.24, 2.45) is 7.05 Å². The number of nitrogens with one attached hydrogen (secondary N) is 1. The Kier molecular flexibility index (Phi) is 2.36. The van der Waals surface area contributed by atoms with E-state index in [1.165, 1.54) is 25.0 Å². The molecule has 1 saturated heterocycles. The molecule has 3 nitrogen and oxygen atoms in total. The van der Waals surface area contributed by atoms with Gasteiger partial charge < -0.3 is 5.32 Å². The van der Waals surface area contributed by atoms with Crippen molar-refractivity contribution in [2.45, 2.75) is 32.2 Å². The lowest BCUT2D eigenvalue weighted by Gasteiger charge is -2.23. The third-order valence-electron chi connectivity index (χ3n) is 2.71. The molecule has 1 aromatic rings. The van der Waals surface area contributed by atoms with Crippen LogP contribution in [0.25, 0.3) is 0 Å². The SMILES string of the molecule is Cc1cc(C2CCCCN2)n(C)n1. The van der Waals surface area contributed by atoms with Crippen LogP contribution >= 0.6 is 0 Å². The maximum Gasteiger partial charge on any atom is 0.0597 e. The maximum atomic E-state index is 4.36. The molecule has 0 aromatic carbocycles. The van der Waals surface area contributed by atoms with Crippen LogP contribution in [-0.4, -0.2) is 16.3 Å². The maximum absolute atomic E-state index is 4.36. The Labute approximate surface area is 79.1 Å². The Morgan fingerprint density at radius 3 is 2.92 bits per heavy atom. The van der Waals surface area contributed by atoms with Gasteiger partial charge in [-0.3, -0.25) is 4.68 Å². The van der Waals surface area contributed by atoms with Crippen LogP contribution in [0.1, 0.15) is 36.7 Å². The number of hydrogen-bond acceptors (Lipinski definition) is 2. The first-order valence-corrected chi connectivity index (χ1v) is 5.01. The highest BCUT2D eigenvalue weighted by atomic mass is 15.3. The summed E-state index contributed by atoms with van der Waals surface area (Å²) in [6, 6.07) is 2.71. The molecule has 1 aliphatic heterocycles. The molecule has 0 saturated carbocycles. The third kappa shape index (κ3) is 1.75. The van der Waals surface area contributed by atoms with Crippen LogP contribution in [0.3, 0.4) is 0 Å². The first-order valence-electron chi connectivity index (χ1n) is 5.01. The van der Waals surface area contributed by atoms with Crippen molar-refractivity contribution in [3.8, 4) is 0 Å². The summed E-state index contributed by atoms with van der Waals surface area (Å²) in [5.41, 5.74) is 2.45. The van der Waals surface area contributed by atoms with Gasteiger partial charge in [-0.1, -0.05) is 6.42 Å². The standard InChI is InChI=1S/C10H17N3/c1-8-7-10(13(2)12-8)9-5-3-4-6-11-9/h7,9,11H,3-6H2,1-2H3. The van der Waals surface area contributed by atoms with Crippen molar-refractivity contribution in [1.29, 1.82) is 0 Å². The number of piperidine rings is 1. The molecule has 3 heteroatoms. The van der Waals surface area contributed by atoms with Crippen LogP contribution in [0.2, 0.25) is 0 Å². The van der Waals surface area contributed by atoms with Gasteiger partial charge in [-0.2, -0.15) is 5.10 Å². The molecule has 0 radical (unpaired) electrons. The minimum atomic E-state index is 0.528. The molecular formula is C10H17N3. The van der Waals surface area contributed by atoms with Gasteiger partial charge >= 0.3 is 0 Å². The Bertz CT molecular complexity index is 284. The lowest BCUT2D eigenvalue weighted by molar-refractivity contribution is 0.394. The fraction of sp³-hybridized carbons (Fsp3) is 0.700. The van der Waals surface area contributed by atoms with E-state index in [1.54, 1.807) is 0 Å². The van der Waals surface area contributed by atoms with Gasteiger partial charge in [0.2, 0.25) is 0 Å². The minimum absolute atomic E-state index is 0.528. The van der Waals surface area contributed by atoms with E-state index in [4.69, 9.17) is 0 Å². The van der Waals surface area contributed by atoms with E-state index in [1.807, 2.05) is 18.7 Å². The van der Waals surface area contributed by atoms with Gasteiger partial charge in [0.25, 0.3) is 0 Å². The molecule has 1 N–H and O–H groups in total. The molecule has 1 unspecified atom stereocenters. The summed E-state index contributed by atoms with van der Waals surface area (Å²) in [5.74, 6) is 0. The summed E-state index contributed by atoms with van der Waals surface area (Å²) in [6.07, 6.45) is 3.90. The van der Waals surface area contributed by atoms with Gasteiger partial charge in [0, 0.05) is 13.1 Å². The average molecular weight is 179 g/mol. The molecule has 1 fully saturated rings. The summed E-state index contributed by atoms with van der Waals surface area (Å²) in [6.45, 7) is 3.20. The molecule has 2 heterocycles. The molecule has 1 aromatic heterocycles. The highest BCUT2D eigenvalue weighted by molar-refractivity contribution is 5.13. The molecule has 13 heavy (non-hydrogen) atoms. The minimum Gasteiger partial charge on any atom is -0.309 e. The van der Waals surface area contributed by atoms with Gasteiger partial charge in [-0.25, -0.2) is 0 Å². The van der Waals surface area contributed by atoms with Crippen molar-refractivity contribution in [3.05, 3.63) is 17.5 Å². The molecule has 2 rings (SSSR count). The Hall–Kier alpha value is -0.830. The average Bonchev–Trinajstić information content (AvgIpc) is 2.47. The highest BCUT2D eigenvalue weighted by Crippen LogP contribution is 2.22. The van der Waals surface area contributed by atoms with Gasteiger partial charge in [0.15, 0.2) is 0 Å². The summed E-state index contributed by atoms with van der Waals surface area (Å²) >= 11 is 0. The predicted molar refractivity (Wildman–Crippen MR) is 52.5 cm³/mol. The Balaban J connectivity index is 2.18. The van der Waals surface area contributed by atoms with E-state index in [-0.39, 0.29) is 0 Å². The molecular weight excluding hydrogens is 162 g/mol. The molecule has 0 bridgehead atoms. The topological polar surface area (TPSA) is 29.9 Å². The Morgan fingerprint density at radius 2 is 2.38 bits per heavy atom. The van der Waals surface area contributed by atoms with Crippen LogP contribution in [-0.2, 0) is 7.05 Å². The second kappa shape index (κ2) is 3.50. The summed E-state index contributed by atoms with van der Waals surface area (Å²) in [5, 5.41) is 7.89. The highest BCUT2D eigenvalue weighted by Gasteiger charge is 2.17. The van der Waals surface area contributed by atoms with Crippen molar-refractivity contribution in [2.75, 3.05) is 6.54 Å². The molecule has 0 aliphatic carbocycles. The predicted octanol–water partition coefficient (Wildman–Crippen LogP) is 1.54. The van der Waals surface area contributed by atoms with Crippen molar-refractivity contribution >= 4 is 0 Å². The van der Waals surface area contributed by atoms with Crippen LogP contribution in [0.15, 0.2) is 6.07 Å². The fourth-order valence-electron chi connectivity index (χ4n) is 2.06. The van der Waals surface area contributed by atoms with Crippen LogP contribution in [0, 0.1) is 6.92 Å². The lowest BCUT2D eigenvalue weighted by atomic mass is 10.0. The molecule has 1 aliphatic rings. The van der Waals surface area contributed by atoms with Gasteiger partial charge in [-0.15, -0.1) is 0 Å². The molecule has 0 spiro atoms. The van der Waals surface area contributed by atoms with Crippen LogP contribution in [0.5, 0.6) is 0 Å². The zero-order valence-electron chi connectivity index (χ0n) is 8.38. The van der Waals surface area contributed by atoms with Crippen molar-refractivity contribution in [1.82, 2.24) is 15.1 Å². The first-order chi connectivity index (χ1) is 6.27. The summed E-state index contributed by atoms with van der Waals surface area (Å²) < 4.78 is 2.00. The number of nitrogens with zero attached hydrogens (tertiary/aromatic N) is 2. The zero-order chi connectivity index (χ0) is 9.26. The second-order valence-corrected chi connectivity index (χ2v) is 3.84. The van der Waals surface area contributed by atoms with E-state index in [9.17, 15) is 0 Å². The number of aromatic nitrogens is 2. The largest absolute Gasteiger partial charge is 0.309 e. The fourth-order valence-corrected chi connectivity index (χ4v) is 2.06. The van der Waals surface area contributed by atoms with Gasteiger partial charge in [-0.05, 0) is 32.4 Å². The third-order valence-corrected chi connectivity index (χ3v) is 2.71. The van der Waals surface area contributed by atoms with Gasteiger partial charge in [0.05, 0.1) is 11.4 Å². The molecule has 72 valence electrons. The van der Waals surface area contributed by atoms with E-state index in [0.29, 0.717) is 6.04 Å². The summed E-state index contributed by atoms with van der Waals surface area (Å²) in [4.78, 5) is 0. The van der Waals surface area contributed by atoms with Crippen LogP contribution in [0.4, 0.5) is 0 Å². The van der Waals surface area contributed by atoms with E-state index >= 15 is 0 Å². The molecule has 0 amide bonds. The first kappa shape index (κ1) is 8.75. The van der Waals surface area contributed by atoms with Crippen molar-refractivity contribution < 1.29 is 0 Å². The Morgan fingerprint density at radius 1 is 1.54 bits per heavy atom. The van der Waals surface area contributed by atoms with E-state index in [2.05, 4.69) is 16.5 Å². The van der Waals surface area contributed by atoms with E-state index < -0.39 is 0 Å².